The molecule has 0 saturated carbocycles. The number of rotatable bonds is 4. The van der Waals surface area contributed by atoms with Crippen molar-refractivity contribution < 1.29 is 24.2 Å². The van der Waals surface area contributed by atoms with E-state index in [0.717, 1.165) is 10.5 Å². The highest BCUT2D eigenvalue weighted by atomic mass is 16.5. The van der Waals surface area contributed by atoms with Gasteiger partial charge in [-0.05, 0) is 31.0 Å². The summed E-state index contributed by atoms with van der Waals surface area (Å²) in [5.41, 5.74) is -0.496. The van der Waals surface area contributed by atoms with Crippen LogP contribution in [0.4, 0.5) is 0 Å². The molecule has 25 heavy (non-hydrogen) atoms. The lowest BCUT2D eigenvalue weighted by molar-refractivity contribution is -0.156. The van der Waals surface area contributed by atoms with Gasteiger partial charge < -0.3 is 9.84 Å². The van der Waals surface area contributed by atoms with Gasteiger partial charge in [0.2, 0.25) is 11.8 Å². The molecular formula is C18H22N2O5. The number of amides is 2. The number of likely N-dealkylation sites (tertiary alicyclic amines) is 1. The SMILES string of the molecule is CCOC(=O)[C@]1(CC)N[C@@H](c2ccc(O)cc2)[C@H]2C(=O)N(C)C(=O)[C@H]21. The molecule has 0 aliphatic carbocycles. The van der Waals surface area contributed by atoms with E-state index < -0.39 is 29.4 Å². The summed E-state index contributed by atoms with van der Waals surface area (Å²) in [5.74, 6) is -2.54. The van der Waals surface area contributed by atoms with Crippen molar-refractivity contribution in [3.05, 3.63) is 29.8 Å². The van der Waals surface area contributed by atoms with Gasteiger partial charge in [-0.1, -0.05) is 19.1 Å². The second kappa shape index (κ2) is 6.15. The Bertz CT molecular complexity index is 717. The van der Waals surface area contributed by atoms with Crippen LogP contribution in [-0.4, -0.2) is 47.0 Å². The van der Waals surface area contributed by atoms with Crippen molar-refractivity contribution in [3.8, 4) is 5.75 Å². The summed E-state index contributed by atoms with van der Waals surface area (Å²) in [4.78, 5) is 39.3. The molecule has 0 spiro atoms. The van der Waals surface area contributed by atoms with Crippen LogP contribution in [0.3, 0.4) is 0 Å². The molecule has 7 nitrogen and oxygen atoms in total. The highest BCUT2D eigenvalue weighted by molar-refractivity contribution is 6.09. The first kappa shape index (κ1) is 17.4. The van der Waals surface area contributed by atoms with E-state index in [1.807, 2.05) is 0 Å². The summed E-state index contributed by atoms with van der Waals surface area (Å²) in [5, 5.41) is 12.7. The molecule has 0 radical (unpaired) electrons. The second-order valence-electron chi connectivity index (χ2n) is 6.50. The lowest BCUT2D eigenvalue weighted by Crippen LogP contribution is -2.55. The highest BCUT2D eigenvalue weighted by Crippen LogP contribution is 2.50. The number of nitrogens with zero attached hydrogens (tertiary/aromatic N) is 1. The predicted molar refractivity (Wildman–Crippen MR) is 88.4 cm³/mol. The molecular weight excluding hydrogens is 324 g/mol. The van der Waals surface area contributed by atoms with Crippen molar-refractivity contribution in [1.82, 2.24) is 10.2 Å². The number of fused-ring (bicyclic) bond motifs is 1. The largest absolute Gasteiger partial charge is 0.508 e. The second-order valence-corrected chi connectivity index (χ2v) is 6.50. The van der Waals surface area contributed by atoms with Gasteiger partial charge >= 0.3 is 5.97 Å². The first-order valence-corrected chi connectivity index (χ1v) is 8.42. The van der Waals surface area contributed by atoms with Crippen molar-refractivity contribution in [2.45, 2.75) is 31.8 Å². The van der Waals surface area contributed by atoms with Gasteiger partial charge in [-0.25, -0.2) is 0 Å². The van der Waals surface area contributed by atoms with E-state index in [1.165, 1.54) is 19.2 Å². The molecule has 2 aliphatic rings. The number of carbonyl (C=O) groups is 3. The minimum atomic E-state index is -1.24. The van der Waals surface area contributed by atoms with Crippen LogP contribution in [-0.2, 0) is 19.1 Å². The Balaban J connectivity index is 2.10. The monoisotopic (exact) mass is 346 g/mol. The van der Waals surface area contributed by atoms with Gasteiger partial charge in [0.1, 0.15) is 11.3 Å². The third kappa shape index (κ3) is 2.41. The van der Waals surface area contributed by atoms with Crippen molar-refractivity contribution >= 4 is 17.8 Å². The van der Waals surface area contributed by atoms with Crippen LogP contribution in [0.1, 0.15) is 31.9 Å². The molecule has 1 aromatic carbocycles. The van der Waals surface area contributed by atoms with Crippen LogP contribution < -0.4 is 5.32 Å². The van der Waals surface area contributed by atoms with E-state index in [0.29, 0.717) is 6.42 Å². The Morgan fingerprint density at radius 2 is 1.88 bits per heavy atom. The van der Waals surface area contributed by atoms with Crippen LogP contribution >= 0.6 is 0 Å². The molecule has 1 aromatic rings. The van der Waals surface area contributed by atoms with Gasteiger partial charge in [0, 0.05) is 13.1 Å². The number of ether oxygens (including phenoxy) is 1. The van der Waals surface area contributed by atoms with Gasteiger partial charge in [-0.15, -0.1) is 0 Å². The number of nitrogens with one attached hydrogen (secondary N) is 1. The predicted octanol–water partition coefficient (Wildman–Crippen LogP) is 0.979. The Morgan fingerprint density at radius 1 is 1.24 bits per heavy atom. The topological polar surface area (TPSA) is 95.9 Å². The van der Waals surface area contributed by atoms with Crippen LogP contribution in [0.2, 0.25) is 0 Å². The van der Waals surface area contributed by atoms with Crippen molar-refractivity contribution in [1.29, 1.82) is 0 Å². The lowest BCUT2D eigenvalue weighted by Gasteiger charge is -2.31. The minimum absolute atomic E-state index is 0.108. The molecule has 134 valence electrons. The molecule has 2 N–H and O–H groups in total. The first-order valence-electron chi connectivity index (χ1n) is 8.42. The summed E-state index contributed by atoms with van der Waals surface area (Å²) >= 11 is 0. The third-order valence-electron chi connectivity index (χ3n) is 5.32. The van der Waals surface area contributed by atoms with Crippen molar-refractivity contribution in [2.75, 3.05) is 13.7 Å². The molecule has 0 bridgehead atoms. The average molecular weight is 346 g/mol. The number of imide groups is 1. The smallest absolute Gasteiger partial charge is 0.327 e. The normalized spacial score (nSPS) is 31.3. The van der Waals surface area contributed by atoms with Crippen LogP contribution in [0.15, 0.2) is 24.3 Å². The Morgan fingerprint density at radius 3 is 2.44 bits per heavy atom. The highest BCUT2D eigenvalue weighted by Gasteiger charge is 2.67. The summed E-state index contributed by atoms with van der Waals surface area (Å²) < 4.78 is 5.23. The third-order valence-corrected chi connectivity index (χ3v) is 5.32. The van der Waals surface area contributed by atoms with E-state index in [-0.39, 0.29) is 24.2 Å². The Kier molecular flexibility index (Phi) is 4.28. The molecule has 3 rings (SSSR count). The fourth-order valence-electron chi connectivity index (χ4n) is 4.03. The number of aromatic hydroxyl groups is 1. The van der Waals surface area contributed by atoms with Gasteiger partial charge in [0.25, 0.3) is 0 Å². The lowest BCUT2D eigenvalue weighted by atomic mass is 9.78. The number of carbonyl (C=O) groups excluding carboxylic acids is 3. The maximum atomic E-state index is 12.7. The number of benzene rings is 1. The van der Waals surface area contributed by atoms with Gasteiger partial charge in [0.15, 0.2) is 0 Å². The quantitative estimate of drug-likeness (QED) is 0.623. The van der Waals surface area contributed by atoms with Gasteiger partial charge in [-0.3, -0.25) is 24.6 Å². The fraction of sp³-hybridized carbons (Fsp3) is 0.500. The first-order chi connectivity index (χ1) is 11.9. The summed E-state index contributed by atoms with van der Waals surface area (Å²) in [6, 6.07) is 5.92. The summed E-state index contributed by atoms with van der Waals surface area (Å²) in [6.45, 7) is 3.71. The fourth-order valence-corrected chi connectivity index (χ4v) is 4.03. The van der Waals surface area contributed by atoms with E-state index >= 15 is 0 Å². The average Bonchev–Trinajstić information content (AvgIpc) is 3.06. The molecule has 0 aromatic heterocycles. The van der Waals surface area contributed by atoms with Crippen molar-refractivity contribution in [3.63, 3.8) is 0 Å². The number of hydrogen-bond acceptors (Lipinski definition) is 6. The Labute approximate surface area is 146 Å². The number of phenols is 1. The van der Waals surface area contributed by atoms with Crippen LogP contribution in [0, 0.1) is 11.8 Å². The molecule has 0 unspecified atom stereocenters. The van der Waals surface area contributed by atoms with Crippen molar-refractivity contribution in [2.24, 2.45) is 11.8 Å². The Hall–Kier alpha value is -2.41. The molecule has 2 heterocycles. The number of esters is 1. The molecule has 2 aliphatic heterocycles. The molecule has 2 fully saturated rings. The molecule has 7 heteroatoms. The number of hydrogen-bond donors (Lipinski definition) is 2. The maximum absolute atomic E-state index is 12.7. The molecule has 4 atom stereocenters. The zero-order valence-corrected chi connectivity index (χ0v) is 14.5. The molecule has 2 saturated heterocycles. The van der Waals surface area contributed by atoms with E-state index in [4.69, 9.17) is 4.74 Å². The zero-order valence-electron chi connectivity index (χ0n) is 14.5. The van der Waals surface area contributed by atoms with E-state index in [2.05, 4.69) is 5.32 Å². The van der Waals surface area contributed by atoms with Crippen LogP contribution in [0.25, 0.3) is 0 Å². The summed E-state index contributed by atoms with van der Waals surface area (Å²) in [7, 11) is 1.45. The van der Waals surface area contributed by atoms with E-state index in [1.54, 1.807) is 26.0 Å². The van der Waals surface area contributed by atoms with Gasteiger partial charge in [-0.2, -0.15) is 0 Å². The van der Waals surface area contributed by atoms with Crippen LogP contribution in [0.5, 0.6) is 5.75 Å². The maximum Gasteiger partial charge on any atom is 0.327 e. The van der Waals surface area contributed by atoms with E-state index in [9.17, 15) is 19.5 Å². The number of phenolic OH excluding ortho intramolecular Hbond substituents is 1. The summed E-state index contributed by atoms with van der Waals surface area (Å²) in [6.07, 6.45) is 0.328. The molecule has 2 amide bonds. The minimum Gasteiger partial charge on any atom is -0.508 e. The van der Waals surface area contributed by atoms with Gasteiger partial charge in [0.05, 0.1) is 18.4 Å². The zero-order chi connectivity index (χ0) is 18.4. The standard InChI is InChI=1S/C18H22N2O5/c1-4-18(17(24)25-5-2)13-12(15(22)20(3)16(13)23)14(19-18)10-6-8-11(21)9-7-10/h6-9,12-14,19,21H,4-5H2,1-3H3/t12-,13-,14-,18+/m0/s1.